The average molecular weight is 196 g/mol. The smallest absolute Gasteiger partial charge is 0.0545 e. The topological polar surface area (TPSA) is 20.2 Å². The standard InChI is InChI=1S/C13H24O/c1-10-3-5-11(6-4-10)13(2)8-7-12(14)9-13/h10-12,14H,3-9H2,1-2H3. The van der Waals surface area contributed by atoms with E-state index in [1.165, 1.54) is 32.1 Å². The van der Waals surface area contributed by atoms with Gasteiger partial charge in [0.15, 0.2) is 0 Å². The fraction of sp³-hybridized carbons (Fsp3) is 1.00. The normalized spacial score (nSPS) is 49.5. The first-order chi connectivity index (χ1) is 6.60. The zero-order chi connectivity index (χ0) is 10.2. The van der Waals surface area contributed by atoms with E-state index in [1.54, 1.807) is 0 Å². The van der Waals surface area contributed by atoms with Gasteiger partial charge in [-0.25, -0.2) is 0 Å². The van der Waals surface area contributed by atoms with Crippen molar-refractivity contribution in [2.75, 3.05) is 0 Å². The summed E-state index contributed by atoms with van der Waals surface area (Å²) in [7, 11) is 0. The molecule has 2 atom stereocenters. The van der Waals surface area contributed by atoms with E-state index < -0.39 is 0 Å². The molecule has 0 heterocycles. The molecule has 2 unspecified atom stereocenters. The maximum atomic E-state index is 9.65. The van der Waals surface area contributed by atoms with Crippen LogP contribution < -0.4 is 0 Å². The van der Waals surface area contributed by atoms with Gasteiger partial charge in [0.25, 0.3) is 0 Å². The second-order valence-corrected chi connectivity index (χ2v) is 6.01. The van der Waals surface area contributed by atoms with E-state index in [-0.39, 0.29) is 6.10 Å². The molecule has 2 aliphatic carbocycles. The Hall–Kier alpha value is -0.0400. The van der Waals surface area contributed by atoms with E-state index in [9.17, 15) is 5.11 Å². The Kier molecular flexibility index (Phi) is 2.88. The molecular weight excluding hydrogens is 172 g/mol. The lowest BCUT2D eigenvalue weighted by molar-refractivity contribution is 0.0984. The monoisotopic (exact) mass is 196 g/mol. The average Bonchev–Trinajstić information content (AvgIpc) is 2.48. The van der Waals surface area contributed by atoms with Crippen molar-refractivity contribution < 1.29 is 5.11 Å². The Balaban J connectivity index is 1.94. The molecule has 0 spiro atoms. The van der Waals surface area contributed by atoms with Crippen LogP contribution in [0.15, 0.2) is 0 Å². The van der Waals surface area contributed by atoms with Gasteiger partial charge in [-0.2, -0.15) is 0 Å². The minimum Gasteiger partial charge on any atom is -0.393 e. The SMILES string of the molecule is CC1CCC(C2(C)CCC(O)C2)CC1. The van der Waals surface area contributed by atoms with E-state index in [0.29, 0.717) is 5.41 Å². The van der Waals surface area contributed by atoms with Crippen molar-refractivity contribution in [3.8, 4) is 0 Å². The first-order valence-electron chi connectivity index (χ1n) is 6.28. The predicted molar refractivity (Wildman–Crippen MR) is 59.1 cm³/mol. The summed E-state index contributed by atoms with van der Waals surface area (Å²) in [5.41, 5.74) is 0.472. The van der Waals surface area contributed by atoms with Gasteiger partial charge in [0.1, 0.15) is 0 Å². The van der Waals surface area contributed by atoms with Gasteiger partial charge < -0.3 is 5.11 Å². The van der Waals surface area contributed by atoms with E-state index in [2.05, 4.69) is 13.8 Å². The zero-order valence-electron chi connectivity index (χ0n) is 9.63. The maximum absolute atomic E-state index is 9.65. The third kappa shape index (κ3) is 1.98. The van der Waals surface area contributed by atoms with Crippen LogP contribution in [0.25, 0.3) is 0 Å². The Bertz CT molecular complexity index is 193. The zero-order valence-corrected chi connectivity index (χ0v) is 9.63. The molecule has 2 rings (SSSR count). The lowest BCUT2D eigenvalue weighted by atomic mass is 9.67. The molecular formula is C13H24O. The summed E-state index contributed by atoms with van der Waals surface area (Å²) in [5, 5.41) is 9.65. The van der Waals surface area contributed by atoms with Crippen molar-refractivity contribution in [2.24, 2.45) is 17.3 Å². The first-order valence-corrected chi connectivity index (χ1v) is 6.28. The highest BCUT2D eigenvalue weighted by Crippen LogP contribution is 2.49. The van der Waals surface area contributed by atoms with Crippen LogP contribution in [0.2, 0.25) is 0 Å². The van der Waals surface area contributed by atoms with Crippen LogP contribution in [0.5, 0.6) is 0 Å². The molecule has 82 valence electrons. The number of rotatable bonds is 1. The molecule has 2 fully saturated rings. The van der Waals surface area contributed by atoms with Crippen molar-refractivity contribution in [1.29, 1.82) is 0 Å². The van der Waals surface area contributed by atoms with Gasteiger partial charge in [0.05, 0.1) is 6.10 Å². The molecule has 14 heavy (non-hydrogen) atoms. The molecule has 0 bridgehead atoms. The summed E-state index contributed by atoms with van der Waals surface area (Å²) in [6, 6.07) is 0. The fourth-order valence-electron chi connectivity index (χ4n) is 3.57. The van der Waals surface area contributed by atoms with Crippen LogP contribution in [0.1, 0.15) is 58.8 Å². The maximum Gasteiger partial charge on any atom is 0.0545 e. The molecule has 0 aliphatic heterocycles. The Morgan fingerprint density at radius 1 is 1.07 bits per heavy atom. The van der Waals surface area contributed by atoms with Crippen molar-refractivity contribution in [3.05, 3.63) is 0 Å². The third-order valence-electron chi connectivity index (χ3n) is 4.75. The summed E-state index contributed by atoms with van der Waals surface area (Å²) >= 11 is 0. The summed E-state index contributed by atoms with van der Waals surface area (Å²) < 4.78 is 0. The quantitative estimate of drug-likeness (QED) is 0.682. The number of hydrogen-bond donors (Lipinski definition) is 1. The van der Waals surface area contributed by atoms with Crippen molar-refractivity contribution in [2.45, 2.75) is 64.9 Å². The summed E-state index contributed by atoms with van der Waals surface area (Å²) in [4.78, 5) is 0. The molecule has 1 heteroatoms. The van der Waals surface area contributed by atoms with Crippen molar-refractivity contribution >= 4 is 0 Å². The molecule has 1 N–H and O–H groups in total. The molecule has 0 saturated heterocycles. The molecule has 1 nitrogen and oxygen atoms in total. The van der Waals surface area contributed by atoms with Gasteiger partial charge in [-0.05, 0) is 49.4 Å². The molecule has 2 aliphatic rings. The third-order valence-corrected chi connectivity index (χ3v) is 4.75. The Morgan fingerprint density at radius 2 is 1.71 bits per heavy atom. The van der Waals surface area contributed by atoms with Gasteiger partial charge in [-0.3, -0.25) is 0 Å². The van der Waals surface area contributed by atoms with Gasteiger partial charge in [-0.1, -0.05) is 26.7 Å². The molecule has 2 saturated carbocycles. The molecule has 0 aromatic carbocycles. The van der Waals surface area contributed by atoms with Crippen LogP contribution in [-0.4, -0.2) is 11.2 Å². The highest BCUT2D eigenvalue weighted by molar-refractivity contribution is 4.92. The van der Waals surface area contributed by atoms with Gasteiger partial charge in [-0.15, -0.1) is 0 Å². The lowest BCUT2D eigenvalue weighted by Crippen LogP contribution is -2.28. The largest absolute Gasteiger partial charge is 0.393 e. The summed E-state index contributed by atoms with van der Waals surface area (Å²) in [5.74, 6) is 1.84. The highest BCUT2D eigenvalue weighted by atomic mass is 16.3. The highest BCUT2D eigenvalue weighted by Gasteiger charge is 2.41. The minimum absolute atomic E-state index is 0.000602. The fourth-order valence-corrected chi connectivity index (χ4v) is 3.57. The van der Waals surface area contributed by atoms with Crippen molar-refractivity contribution in [1.82, 2.24) is 0 Å². The van der Waals surface area contributed by atoms with E-state index >= 15 is 0 Å². The van der Waals surface area contributed by atoms with Crippen LogP contribution in [0.3, 0.4) is 0 Å². The van der Waals surface area contributed by atoms with Gasteiger partial charge in [0, 0.05) is 0 Å². The van der Waals surface area contributed by atoms with Crippen LogP contribution in [-0.2, 0) is 0 Å². The first kappa shape index (κ1) is 10.5. The summed E-state index contributed by atoms with van der Waals surface area (Å²) in [6.45, 7) is 4.78. The van der Waals surface area contributed by atoms with E-state index in [0.717, 1.165) is 24.7 Å². The minimum atomic E-state index is -0.000602. The Morgan fingerprint density at radius 3 is 2.21 bits per heavy atom. The molecule has 0 amide bonds. The van der Waals surface area contributed by atoms with Crippen molar-refractivity contribution in [3.63, 3.8) is 0 Å². The van der Waals surface area contributed by atoms with Crippen LogP contribution in [0.4, 0.5) is 0 Å². The second kappa shape index (κ2) is 3.84. The predicted octanol–water partition coefficient (Wildman–Crippen LogP) is 3.36. The Labute approximate surface area is 87.9 Å². The second-order valence-electron chi connectivity index (χ2n) is 6.01. The molecule has 0 aromatic heterocycles. The van der Waals surface area contributed by atoms with Gasteiger partial charge >= 0.3 is 0 Å². The number of aliphatic hydroxyl groups is 1. The molecule has 0 radical (unpaired) electrons. The number of hydrogen-bond acceptors (Lipinski definition) is 1. The van der Waals surface area contributed by atoms with Crippen LogP contribution in [0, 0.1) is 17.3 Å². The van der Waals surface area contributed by atoms with E-state index in [4.69, 9.17) is 0 Å². The van der Waals surface area contributed by atoms with Crippen LogP contribution >= 0.6 is 0 Å². The molecule has 0 aromatic rings. The van der Waals surface area contributed by atoms with Gasteiger partial charge in [0.2, 0.25) is 0 Å². The summed E-state index contributed by atoms with van der Waals surface area (Å²) in [6.07, 6.45) is 9.00. The lowest BCUT2D eigenvalue weighted by Gasteiger charge is -2.38. The number of aliphatic hydroxyl groups excluding tert-OH is 1. The van der Waals surface area contributed by atoms with E-state index in [1.807, 2.05) is 0 Å².